The fraction of sp³-hybridized carbons (Fsp3) is 0.158. The number of carbonyl (C=O) groups is 2. The Labute approximate surface area is 146 Å². The molecule has 3 aromatic rings. The number of rotatable bonds is 0. The second-order valence-corrected chi connectivity index (χ2v) is 6.42. The van der Waals surface area contributed by atoms with Gasteiger partial charge in [0.25, 0.3) is 11.7 Å². The standard InChI is InChI=1S/C19H11NO6/c1-20-11-2-8-3-12-13(24-6-23-12)4-9(8)16-15(11)10(17(21)19(20)22)5-14-18(16)26-7-25-14/h2-5H,6-7H2,1H3. The van der Waals surface area contributed by atoms with Gasteiger partial charge in [0, 0.05) is 23.4 Å². The molecule has 0 unspecified atom stereocenters. The molecule has 1 amide bonds. The fourth-order valence-electron chi connectivity index (χ4n) is 3.90. The van der Waals surface area contributed by atoms with Gasteiger partial charge in [0.2, 0.25) is 13.6 Å². The van der Waals surface area contributed by atoms with E-state index in [-0.39, 0.29) is 13.6 Å². The van der Waals surface area contributed by atoms with Crippen LogP contribution in [0.5, 0.6) is 23.0 Å². The molecule has 0 spiro atoms. The van der Waals surface area contributed by atoms with Crippen molar-refractivity contribution in [2.45, 2.75) is 0 Å². The molecule has 0 atom stereocenters. The smallest absolute Gasteiger partial charge is 0.299 e. The minimum absolute atomic E-state index is 0.0716. The van der Waals surface area contributed by atoms with E-state index in [0.717, 1.165) is 16.2 Å². The van der Waals surface area contributed by atoms with Gasteiger partial charge >= 0.3 is 0 Å². The van der Waals surface area contributed by atoms with Crippen LogP contribution in [-0.4, -0.2) is 32.3 Å². The summed E-state index contributed by atoms with van der Waals surface area (Å²) in [6.45, 7) is 0.235. The SMILES string of the molecule is CN1C(=O)C(=O)c2cc3c(c4c2c1cc1cc2c(cc14)OCO2)OCO3. The Bertz CT molecular complexity index is 1200. The van der Waals surface area contributed by atoms with Gasteiger partial charge in [0.05, 0.1) is 5.69 Å². The summed E-state index contributed by atoms with van der Waals surface area (Å²) >= 11 is 0. The summed E-state index contributed by atoms with van der Waals surface area (Å²) in [4.78, 5) is 26.4. The Kier molecular flexibility index (Phi) is 2.32. The van der Waals surface area contributed by atoms with Gasteiger partial charge in [-0.2, -0.15) is 0 Å². The molecule has 0 bridgehead atoms. The van der Waals surface area contributed by atoms with Gasteiger partial charge in [0.1, 0.15) is 0 Å². The molecule has 0 N–H and O–H groups in total. The van der Waals surface area contributed by atoms with Gasteiger partial charge < -0.3 is 23.8 Å². The predicted molar refractivity (Wildman–Crippen MR) is 91.4 cm³/mol. The Balaban J connectivity index is 1.88. The van der Waals surface area contributed by atoms with Crippen LogP contribution >= 0.6 is 0 Å². The molecule has 3 aliphatic rings. The molecular formula is C19H11NO6. The summed E-state index contributed by atoms with van der Waals surface area (Å²) in [7, 11) is 1.60. The lowest BCUT2D eigenvalue weighted by molar-refractivity contribution is -0.114. The second-order valence-electron chi connectivity index (χ2n) is 6.42. The predicted octanol–water partition coefficient (Wildman–Crippen LogP) is 2.61. The van der Waals surface area contributed by atoms with Crippen LogP contribution in [0.15, 0.2) is 24.3 Å². The minimum atomic E-state index is -0.572. The van der Waals surface area contributed by atoms with E-state index in [4.69, 9.17) is 18.9 Å². The fourth-order valence-corrected chi connectivity index (χ4v) is 3.90. The first-order valence-electron chi connectivity index (χ1n) is 8.08. The van der Waals surface area contributed by atoms with Crippen LogP contribution in [0.4, 0.5) is 5.69 Å². The van der Waals surface area contributed by atoms with E-state index >= 15 is 0 Å². The van der Waals surface area contributed by atoms with E-state index in [1.807, 2.05) is 18.2 Å². The number of Topliss-reactive ketones (excluding diaryl/α,β-unsaturated/α-hetero) is 1. The van der Waals surface area contributed by atoms with Crippen molar-refractivity contribution < 1.29 is 28.5 Å². The molecule has 0 aliphatic carbocycles. The Morgan fingerprint density at radius 1 is 0.846 bits per heavy atom. The van der Waals surface area contributed by atoms with Crippen molar-refractivity contribution >= 4 is 38.9 Å². The van der Waals surface area contributed by atoms with E-state index in [1.54, 1.807) is 13.1 Å². The van der Waals surface area contributed by atoms with Crippen LogP contribution in [0.1, 0.15) is 10.4 Å². The molecule has 7 heteroatoms. The first kappa shape index (κ1) is 13.8. The van der Waals surface area contributed by atoms with Crippen molar-refractivity contribution in [2.24, 2.45) is 0 Å². The highest BCUT2D eigenvalue weighted by Gasteiger charge is 2.35. The quantitative estimate of drug-likeness (QED) is 0.459. The Morgan fingerprint density at radius 2 is 1.58 bits per heavy atom. The summed E-state index contributed by atoms with van der Waals surface area (Å²) in [6, 6.07) is 7.23. The number of benzene rings is 3. The maximum atomic E-state index is 12.6. The largest absolute Gasteiger partial charge is 0.454 e. The third kappa shape index (κ3) is 1.49. The number of likely N-dealkylation sites (N-methyl/N-ethyl adjacent to an activating group) is 1. The average molecular weight is 349 g/mol. The molecule has 3 heterocycles. The van der Waals surface area contributed by atoms with E-state index in [9.17, 15) is 9.59 Å². The van der Waals surface area contributed by atoms with Gasteiger partial charge in [-0.05, 0) is 35.0 Å². The topological polar surface area (TPSA) is 74.3 Å². The maximum absolute atomic E-state index is 12.6. The number of carbonyl (C=O) groups excluding carboxylic acids is 2. The summed E-state index contributed by atoms with van der Waals surface area (Å²) in [6.07, 6.45) is 0. The zero-order valence-electron chi connectivity index (χ0n) is 13.6. The number of amides is 1. The zero-order valence-corrected chi connectivity index (χ0v) is 13.6. The number of fused-ring (bicyclic) bond motifs is 5. The number of ketones is 1. The first-order valence-corrected chi connectivity index (χ1v) is 8.08. The van der Waals surface area contributed by atoms with Gasteiger partial charge in [-0.25, -0.2) is 0 Å². The Hall–Kier alpha value is -3.48. The number of hydrogen-bond donors (Lipinski definition) is 0. The monoisotopic (exact) mass is 349 g/mol. The van der Waals surface area contributed by atoms with E-state index < -0.39 is 11.7 Å². The lowest BCUT2D eigenvalue weighted by Gasteiger charge is -2.26. The number of ether oxygens (including phenoxy) is 4. The highest BCUT2D eigenvalue weighted by Crippen LogP contribution is 2.51. The molecule has 0 saturated heterocycles. The number of nitrogens with zero attached hydrogens (tertiary/aromatic N) is 1. The molecule has 0 radical (unpaired) electrons. The molecule has 3 aliphatic heterocycles. The minimum Gasteiger partial charge on any atom is -0.454 e. The van der Waals surface area contributed by atoms with Crippen molar-refractivity contribution in [1.82, 2.24) is 0 Å². The molecule has 0 aromatic heterocycles. The van der Waals surface area contributed by atoms with Crippen molar-refractivity contribution in [3.05, 3.63) is 29.8 Å². The van der Waals surface area contributed by atoms with Crippen LogP contribution < -0.4 is 23.8 Å². The lowest BCUT2D eigenvalue weighted by atomic mass is 9.90. The van der Waals surface area contributed by atoms with Crippen molar-refractivity contribution in [3.8, 4) is 23.0 Å². The highest BCUT2D eigenvalue weighted by molar-refractivity contribution is 6.53. The van der Waals surface area contributed by atoms with Crippen molar-refractivity contribution in [2.75, 3.05) is 25.5 Å². The van der Waals surface area contributed by atoms with Crippen molar-refractivity contribution in [3.63, 3.8) is 0 Å². The molecule has 3 aromatic carbocycles. The second kappa shape index (κ2) is 4.37. The zero-order chi connectivity index (χ0) is 17.6. The van der Waals surface area contributed by atoms with E-state index in [1.165, 1.54) is 4.90 Å². The van der Waals surface area contributed by atoms with E-state index in [2.05, 4.69) is 0 Å². The molecule has 0 saturated carbocycles. The van der Waals surface area contributed by atoms with Gasteiger partial charge in [-0.1, -0.05) is 0 Å². The lowest BCUT2D eigenvalue weighted by Crippen LogP contribution is -2.36. The average Bonchev–Trinajstić information content (AvgIpc) is 3.30. The Morgan fingerprint density at radius 3 is 2.42 bits per heavy atom. The van der Waals surface area contributed by atoms with Gasteiger partial charge in [-0.3, -0.25) is 9.59 Å². The number of hydrogen-bond acceptors (Lipinski definition) is 6. The normalized spacial score (nSPS) is 16.9. The van der Waals surface area contributed by atoms with Crippen LogP contribution in [0.3, 0.4) is 0 Å². The third-order valence-electron chi connectivity index (χ3n) is 5.13. The summed E-state index contributed by atoms with van der Waals surface area (Å²) in [5, 5.41) is 3.15. The highest BCUT2D eigenvalue weighted by atomic mass is 16.7. The molecular weight excluding hydrogens is 338 g/mol. The number of anilines is 1. The van der Waals surface area contributed by atoms with Crippen LogP contribution in [0.2, 0.25) is 0 Å². The first-order chi connectivity index (χ1) is 12.6. The summed E-state index contributed by atoms with van der Waals surface area (Å²) in [5.74, 6) is 1.20. The maximum Gasteiger partial charge on any atom is 0.299 e. The summed E-state index contributed by atoms with van der Waals surface area (Å²) in [5.41, 5.74) is 0.992. The summed E-state index contributed by atoms with van der Waals surface area (Å²) < 4.78 is 22.2. The van der Waals surface area contributed by atoms with E-state index in [0.29, 0.717) is 39.6 Å². The van der Waals surface area contributed by atoms with Gasteiger partial charge in [0.15, 0.2) is 23.0 Å². The molecule has 0 fully saturated rings. The molecule has 7 nitrogen and oxygen atoms in total. The third-order valence-corrected chi connectivity index (χ3v) is 5.13. The van der Waals surface area contributed by atoms with Gasteiger partial charge in [-0.15, -0.1) is 0 Å². The molecule has 26 heavy (non-hydrogen) atoms. The van der Waals surface area contributed by atoms with Crippen LogP contribution in [0.25, 0.3) is 21.5 Å². The van der Waals surface area contributed by atoms with Crippen LogP contribution in [-0.2, 0) is 4.79 Å². The van der Waals surface area contributed by atoms with Crippen LogP contribution in [0, 0.1) is 0 Å². The molecule has 6 rings (SSSR count). The van der Waals surface area contributed by atoms with Crippen molar-refractivity contribution in [1.29, 1.82) is 0 Å². The molecule has 128 valence electrons.